The molecule has 2 heterocycles. The van der Waals surface area contributed by atoms with Gasteiger partial charge in [-0.15, -0.1) is 0 Å². The third-order valence-electron chi connectivity index (χ3n) is 4.80. The molecule has 0 saturated carbocycles. The Morgan fingerprint density at radius 1 is 1.29 bits per heavy atom. The SMILES string of the molecule is CC[C@@H](NC(=O)[C@@H]1COc2ccccc2C1)c1noc(-c2cccc(Br)c2)n1. The topological polar surface area (TPSA) is 77.2 Å². The first kappa shape index (κ1) is 18.7. The van der Waals surface area contributed by atoms with Gasteiger partial charge in [-0.25, -0.2) is 0 Å². The predicted molar refractivity (Wildman–Crippen MR) is 108 cm³/mol. The molecule has 2 atom stereocenters. The summed E-state index contributed by atoms with van der Waals surface area (Å²) in [5, 5.41) is 7.13. The average molecular weight is 442 g/mol. The van der Waals surface area contributed by atoms with Crippen molar-refractivity contribution in [2.24, 2.45) is 5.92 Å². The zero-order valence-electron chi connectivity index (χ0n) is 15.4. The van der Waals surface area contributed by atoms with E-state index in [1.807, 2.05) is 55.5 Å². The van der Waals surface area contributed by atoms with E-state index in [4.69, 9.17) is 9.26 Å². The van der Waals surface area contributed by atoms with E-state index in [9.17, 15) is 4.79 Å². The van der Waals surface area contributed by atoms with Crippen LogP contribution in [0.1, 0.15) is 30.8 Å². The van der Waals surface area contributed by atoms with Crippen molar-refractivity contribution in [1.29, 1.82) is 0 Å². The monoisotopic (exact) mass is 441 g/mol. The summed E-state index contributed by atoms with van der Waals surface area (Å²) in [4.78, 5) is 17.3. The van der Waals surface area contributed by atoms with E-state index in [-0.39, 0.29) is 17.9 Å². The molecule has 0 fully saturated rings. The fraction of sp³-hybridized carbons (Fsp3) is 0.286. The largest absolute Gasteiger partial charge is 0.492 e. The summed E-state index contributed by atoms with van der Waals surface area (Å²) in [6.45, 7) is 2.35. The minimum atomic E-state index is -0.311. The summed E-state index contributed by atoms with van der Waals surface area (Å²) in [6, 6.07) is 15.2. The molecule has 144 valence electrons. The summed E-state index contributed by atoms with van der Waals surface area (Å²) < 4.78 is 12.1. The van der Waals surface area contributed by atoms with Crippen molar-refractivity contribution in [2.45, 2.75) is 25.8 Å². The molecular weight excluding hydrogens is 422 g/mol. The third kappa shape index (κ3) is 3.94. The van der Waals surface area contributed by atoms with Crippen LogP contribution in [0.25, 0.3) is 11.5 Å². The Labute approximate surface area is 171 Å². The second-order valence-corrected chi connectivity index (χ2v) is 7.67. The van der Waals surface area contributed by atoms with Gasteiger partial charge in [-0.2, -0.15) is 4.98 Å². The van der Waals surface area contributed by atoms with Crippen LogP contribution in [0.3, 0.4) is 0 Å². The van der Waals surface area contributed by atoms with E-state index in [1.165, 1.54) is 0 Å². The van der Waals surface area contributed by atoms with Crippen molar-refractivity contribution >= 4 is 21.8 Å². The number of rotatable bonds is 5. The van der Waals surface area contributed by atoms with Gasteiger partial charge < -0.3 is 14.6 Å². The van der Waals surface area contributed by atoms with Gasteiger partial charge >= 0.3 is 0 Å². The predicted octanol–water partition coefficient (Wildman–Crippen LogP) is 4.32. The van der Waals surface area contributed by atoms with Gasteiger partial charge in [0.2, 0.25) is 5.91 Å². The number of aromatic nitrogens is 2. The summed E-state index contributed by atoms with van der Waals surface area (Å²) in [7, 11) is 0. The summed E-state index contributed by atoms with van der Waals surface area (Å²) >= 11 is 3.44. The van der Waals surface area contributed by atoms with Crippen molar-refractivity contribution < 1.29 is 14.1 Å². The highest BCUT2D eigenvalue weighted by molar-refractivity contribution is 9.10. The number of halogens is 1. The van der Waals surface area contributed by atoms with Crippen molar-refractivity contribution in [3.8, 4) is 17.2 Å². The molecule has 0 spiro atoms. The van der Waals surface area contributed by atoms with E-state index >= 15 is 0 Å². The maximum Gasteiger partial charge on any atom is 0.258 e. The Kier molecular flexibility index (Phi) is 5.43. The van der Waals surface area contributed by atoms with Crippen LogP contribution in [-0.2, 0) is 11.2 Å². The van der Waals surface area contributed by atoms with Crippen LogP contribution in [0.15, 0.2) is 57.5 Å². The van der Waals surface area contributed by atoms with Crippen molar-refractivity contribution in [1.82, 2.24) is 15.5 Å². The zero-order chi connectivity index (χ0) is 19.5. The van der Waals surface area contributed by atoms with Crippen LogP contribution < -0.4 is 10.1 Å². The molecular formula is C21H20BrN3O3. The third-order valence-corrected chi connectivity index (χ3v) is 5.29. The summed E-state index contributed by atoms with van der Waals surface area (Å²) in [5.41, 5.74) is 1.88. The maximum absolute atomic E-state index is 12.8. The highest BCUT2D eigenvalue weighted by Gasteiger charge is 2.28. The average Bonchev–Trinajstić information content (AvgIpc) is 3.21. The maximum atomic E-state index is 12.8. The molecule has 1 N–H and O–H groups in total. The van der Waals surface area contributed by atoms with E-state index in [0.29, 0.717) is 31.2 Å². The standard InChI is InChI=1S/C21H20BrN3O3/c1-2-17(19-24-21(28-25-19)14-7-5-8-16(22)11-14)23-20(26)15-10-13-6-3-4-9-18(13)27-12-15/h3-9,11,15,17H,2,10,12H2,1H3,(H,23,26)/t15-,17+/m0/s1. The van der Waals surface area contributed by atoms with Crippen LogP contribution in [0.5, 0.6) is 5.75 Å². The minimum absolute atomic E-state index is 0.0600. The van der Waals surface area contributed by atoms with Gasteiger partial charge in [0.05, 0.1) is 12.0 Å². The van der Waals surface area contributed by atoms with E-state index < -0.39 is 0 Å². The number of benzene rings is 2. The number of hydrogen-bond acceptors (Lipinski definition) is 5. The number of fused-ring (bicyclic) bond motifs is 1. The van der Waals surface area contributed by atoms with Gasteiger partial charge in [0.1, 0.15) is 12.4 Å². The molecule has 0 radical (unpaired) electrons. The Morgan fingerprint density at radius 3 is 2.96 bits per heavy atom. The van der Waals surface area contributed by atoms with E-state index in [1.54, 1.807) is 0 Å². The Morgan fingerprint density at radius 2 is 2.14 bits per heavy atom. The number of nitrogens with zero attached hydrogens (tertiary/aromatic N) is 2. The second kappa shape index (κ2) is 8.14. The molecule has 1 aromatic heterocycles. The summed E-state index contributed by atoms with van der Waals surface area (Å²) in [5.74, 6) is 1.47. The van der Waals surface area contributed by atoms with Crippen LogP contribution in [0.4, 0.5) is 0 Å². The molecule has 2 aromatic carbocycles. The fourth-order valence-electron chi connectivity index (χ4n) is 3.25. The molecule has 1 amide bonds. The van der Waals surface area contributed by atoms with Gasteiger partial charge in [0.25, 0.3) is 5.89 Å². The van der Waals surface area contributed by atoms with Gasteiger partial charge in [-0.05, 0) is 42.7 Å². The molecule has 3 aromatic rings. The number of para-hydroxylation sites is 1. The van der Waals surface area contributed by atoms with Crippen LogP contribution in [-0.4, -0.2) is 22.7 Å². The van der Waals surface area contributed by atoms with Crippen LogP contribution >= 0.6 is 15.9 Å². The Balaban J connectivity index is 1.46. The second-order valence-electron chi connectivity index (χ2n) is 6.76. The molecule has 7 heteroatoms. The molecule has 28 heavy (non-hydrogen) atoms. The van der Waals surface area contributed by atoms with Crippen LogP contribution in [0, 0.1) is 5.92 Å². The molecule has 6 nitrogen and oxygen atoms in total. The van der Waals surface area contributed by atoms with E-state index in [2.05, 4.69) is 31.4 Å². The lowest BCUT2D eigenvalue weighted by Gasteiger charge is -2.25. The number of carbonyl (C=O) groups excluding carboxylic acids is 1. The first-order valence-corrected chi connectivity index (χ1v) is 10.0. The molecule has 4 rings (SSSR count). The Hall–Kier alpha value is -2.67. The van der Waals surface area contributed by atoms with Crippen molar-refractivity contribution in [3.63, 3.8) is 0 Å². The molecule has 1 aliphatic rings. The fourth-order valence-corrected chi connectivity index (χ4v) is 3.65. The number of amides is 1. The highest BCUT2D eigenvalue weighted by Crippen LogP contribution is 2.28. The number of ether oxygens (including phenoxy) is 1. The lowest BCUT2D eigenvalue weighted by molar-refractivity contribution is -0.127. The molecule has 0 saturated heterocycles. The number of carbonyl (C=O) groups is 1. The highest BCUT2D eigenvalue weighted by atomic mass is 79.9. The first-order valence-electron chi connectivity index (χ1n) is 9.24. The Bertz CT molecular complexity index is 988. The van der Waals surface area contributed by atoms with Gasteiger partial charge in [-0.1, -0.05) is 52.3 Å². The van der Waals surface area contributed by atoms with Crippen LogP contribution in [0.2, 0.25) is 0 Å². The normalized spacial score (nSPS) is 16.7. The van der Waals surface area contributed by atoms with Crippen molar-refractivity contribution in [2.75, 3.05) is 6.61 Å². The van der Waals surface area contributed by atoms with Gasteiger partial charge in [0.15, 0.2) is 5.82 Å². The van der Waals surface area contributed by atoms with E-state index in [0.717, 1.165) is 21.3 Å². The molecule has 0 aliphatic carbocycles. The molecule has 0 unspecified atom stereocenters. The zero-order valence-corrected chi connectivity index (χ0v) is 17.0. The minimum Gasteiger partial charge on any atom is -0.492 e. The number of hydrogen-bond donors (Lipinski definition) is 1. The van der Waals surface area contributed by atoms with Gasteiger partial charge in [0, 0.05) is 10.0 Å². The summed E-state index contributed by atoms with van der Waals surface area (Å²) in [6.07, 6.45) is 1.32. The first-order chi connectivity index (χ1) is 13.6. The quantitative estimate of drug-likeness (QED) is 0.637. The number of nitrogens with one attached hydrogen (secondary N) is 1. The smallest absolute Gasteiger partial charge is 0.258 e. The lowest BCUT2D eigenvalue weighted by Crippen LogP contribution is -2.39. The molecule has 0 bridgehead atoms. The van der Waals surface area contributed by atoms with Crippen molar-refractivity contribution in [3.05, 3.63) is 64.4 Å². The molecule has 1 aliphatic heterocycles. The lowest BCUT2D eigenvalue weighted by atomic mass is 9.95. The van der Waals surface area contributed by atoms with Gasteiger partial charge in [-0.3, -0.25) is 4.79 Å².